The summed E-state index contributed by atoms with van der Waals surface area (Å²) in [4.78, 5) is 14.8. The van der Waals surface area contributed by atoms with Crippen LogP contribution < -0.4 is 0 Å². The van der Waals surface area contributed by atoms with Gasteiger partial charge in [0.2, 0.25) is 0 Å². The molecule has 1 unspecified atom stereocenters. The zero-order valence-corrected chi connectivity index (χ0v) is 14.7. The quantitative estimate of drug-likeness (QED) is 0.695. The van der Waals surface area contributed by atoms with Gasteiger partial charge in [0.15, 0.2) is 0 Å². The molecule has 23 heavy (non-hydrogen) atoms. The molecule has 0 radical (unpaired) electrons. The van der Waals surface area contributed by atoms with E-state index in [1.54, 1.807) is 0 Å². The minimum Gasteiger partial charge on any atom is -0.461 e. The minimum atomic E-state index is -0.0556. The summed E-state index contributed by atoms with van der Waals surface area (Å²) >= 11 is 0. The summed E-state index contributed by atoms with van der Waals surface area (Å²) in [7, 11) is 0. The molecular formula is C20H31NO2. The van der Waals surface area contributed by atoms with E-state index in [9.17, 15) is 4.79 Å². The van der Waals surface area contributed by atoms with Gasteiger partial charge in [-0.1, -0.05) is 56.0 Å². The third kappa shape index (κ3) is 6.34. The Bertz CT molecular complexity index is 486. The van der Waals surface area contributed by atoms with Crippen LogP contribution in [0.5, 0.6) is 0 Å². The highest BCUT2D eigenvalue weighted by Gasteiger charge is 2.23. The molecule has 0 N–H and O–H groups in total. The Balaban J connectivity index is 1.83. The number of aryl methyl sites for hydroxylation is 1. The largest absolute Gasteiger partial charge is 0.461 e. The fourth-order valence-electron chi connectivity index (χ4n) is 3.34. The predicted molar refractivity (Wildman–Crippen MR) is 94.3 cm³/mol. The molecule has 1 aromatic carbocycles. The number of nitrogens with zero attached hydrogens (tertiary/aromatic N) is 1. The van der Waals surface area contributed by atoms with Crippen LogP contribution in [0.3, 0.4) is 0 Å². The Morgan fingerprint density at radius 1 is 1.30 bits per heavy atom. The second-order valence-electron chi connectivity index (χ2n) is 6.75. The van der Waals surface area contributed by atoms with Gasteiger partial charge >= 0.3 is 5.97 Å². The van der Waals surface area contributed by atoms with E-state index in [4.69, 9.17) is 4.74 Å². The molecule has 128 valence electrons. The molecule has 0 saturated carbocycles. The van der Waals surface area contributed by atoms with Crippen LogP contribution in [0, 0.1) is 6.92 Å². The molecule has 3 nitrogen and oxygen atoms in total. The van der Waals surface area contributed by atoms with Crippen LogP contribution in [0.2, 0.25) is 0 Å². The average Bonchev–Trinajstić information content (AvgIpc) is 2.76. The van der Waals surface area contributed by atoms with Gasteiger partial charge in [-0.25, -0.2) is 0 Å². The minimum absolute atomic E-state index is 0.0556. The Kier molecular flexibility index (Phi) is 7.60. The van der Waals surface area contributed by atoms with Crippen molar-refractivity contribution >= 4 is 5.97 Å². The van der Waals surface area contributed by atoms with Gasteiger partial charge in [-0.2, -0.15) is 0 Å². The van der Waals surface area contributed by atoms with Gasteiger partial charge in [0.05, 0.1) is 6.42 Å². The average molecular weight is 317 g/mol. The van der Waals surface area contributed by atoms with Crippen molar-refractivity contribution < 1.29 is 9.53 Å². The van der Waals surface area contributed by atoms with Crippen LogP contribution in [-0.4, -0.2) is 30.0 Å². The van der Waals surface area contributed by atoms with Gasteiger partial charge in [0.1, 0.15) is 6.61 Å². The topological polar surface area (TPSA) is 29.5 Å². The van der Waals surface area contributed by atoms with Crippen LogP contribution >= 0.6 is 0 Å². The molecule has 3 heteroatoms. The van der Waals surface area contributed by atoms with Crippen LogP contribution in [0.15, 0.2) is 24.3 Å². The van der Waals surface area contributed by atoms with Crippen molar-refractivity contribution in [2.45, 2.75) is 71.4 Å². The normalized spacial score (nSPS) is 19.3. The zero-order valence-electron chi connectivity index (χ0n) is 14.7. The molecule has 0 aliphatic carbocycles. The summed E-state index contributed by atoms with van der Waals surface area (Å²) in [6, 6.07) is 8.53. The fraction of sp³-hybridized carbons (Fsp3) is 0.650. The Hall–Kier alpha value is -1.35. The molecule has 1 aromatic rings. The molecule has 1 saturated heterocycles. The summed E-state index contributed by atoms with van der Waals surface area (Å²) in [5.74, 6) is -0.0556. The van der Waals surface area contributed by atoms with E-state index in [1.165, 1.54) is 37.7 Å². The lowest BCUT2D eigenvalue weighted by Crippen LogP contribution is -2.37. The highest BCUT2D eigenvalue weighted by atomic mass is 16.5. The second-order valence-corrected chi connectivity index (χ2v) is 6.75. The molecule has 0 aromatic heterocycles. The van der Waals surface area contributed by atoms with Gasteiger partial charge in [0.25, 0.3) is 0 Å². The van der Waals surface area contributed by atoms with Gasteiger partial charge < -0.3 is 4.74 Å². The number of unbranched alkanes of at least 4 members (excludes halogenated alkanes) is 1. The maximum absolute atomic E-state index is 12.3. The van der Waals surface area contributed by atoms with Gasteiger partial charge in [-0.15, -0.1) is 0 Å². The van der Waals surface area contributed by atoms with E-state index in [0.717, 1.165) is 25.1 Å². The van der Waals surface area contributed by atoms with E-state index in [-0.39, 0.29) is 5.97 Å². The van der Waals surface area contributed by atoms with Crippen molar-refractivity contribution in [2.75, 3.05) is 13.1 Å². The first-order chi connectivity index (χ1) is 11.2. The SMILES string of the molecule is CCCCN1CCCCCC1CC(=O)OCc1cccc(C)c1. The summed E-state index contributed by atoms with van der Waals surface area (Å²) in [6.45, 7) is 6.93. The van der Waals surface area contributed by atoms with Crippen molar-refractivity contribution in [2.24, 2.45) is 0 Å². The van der Waals surface area contributed by atoms with Crippen LogP contribution in [0.1, 0.15) is 63.0 Å². The number of benzene rings is 1. The molecule has 1 fully saturated rings. The Labute approximate surface area is 141 Å². The Morgan fingerprint density at radius 3 is 2.96 bits per heavy atom. The number of ether oxygens (including phenoxy) is 1. The number of esters is 1. The summed E-state index contributed by atoms with van der Waals surface area (Å²) < 4.78 is 5.51. The third-order valence-corrected chi connectivity index (χ3v) is 4.68. The van der Waals surface area contributed by atoms with Crippen molar-refractivity contribution in [3.8, 4) is 0 Å². The molecule has 0 spiro atoms. The van der Waals surface area contributed by atoms with Crippen molar-refractivity contribution in [3.05, 3.63) is 35.4 Å². The van der Waals surface area contributed by atoms with E-state index in [2.05, 4.69) is 30.9 Å². The van der Waals surface area contributed by atoms with Gasteiger partial charge in [-0.05, 0) is 44.8 Å². The van der Waals surface area contributed by atoms with E-state index in [1.807, 2.05) is 12.1 Å². The fourth-order valence-corrected chi connectivity index (χ4v) is 3.34. The summed E-state index contributed by atoms with van der Waals surface area (Å²) in [6.07, 6.45) is 7.88. The summed E-state index contributed by atoms with van der Waals surface area (Å²) in [5.41, 5.74) is 2.27. The molecule has 1 aliphatic heterocycles. The van der Waals surface area contributed by atoms with Gasteiger partial charge in [-0.3, -0.25) is 9.69 Å². The lowest BCUT2D eigenvalue weighted by Gasteiger charge is -2.29. The molecule has 2 rings (SSSR count). The molecular weight excluding hydrogens is 286 g/mol. The first-order valence-corrected chi connectivity index (χ1v) is 9.14. The Morgan fingerprint density at radius 2 is 2.17 bits per heavy atom. The lowest BCUT2D eigenvalue weighted by molar-refractivity contribution is -0.146. The smallest absolute Gasteiger partial charge is 0.307 e. The number of hydrogen-bond donors (Lipinski definition) is 0. The van der Waals surface area contributed by atoms with Gasteiger partial charge in [0, 0.05) is 6.04 Å². The second kappa shape index (κ2) is 9.71. The monoisotopic (exact) mass is 317 g/mol. The first-order valence-electron chi connectivity index (χ1n) is 9.14. The number of rotatable bonds is 7. The number of likely N-dealkylation sites (tertiary alicyclic amines) is 1. The summed E-state index contributed by atoms with van der Waals surface area (Å²) in [5, 5.41) is 0. The number of hydrogen-bond acceptors (Lipinski definition) is 3. The maximum atomic E-state index is 12.3. The highest BCUT2D eigenvalue weighted by molar-refractivity contribution is 5.70. The van der Waals surface area contributed by atoms with Crippen molar-refractivity contribution in [1.82, 2.24) is 4.90 Å². The third-order valence-electron chi connectivity index (χ3n) is 4.68. The van der Waals surface area contributed by atoms with Crippen molar-refractivity contribution in [3.63, 3.8) is 0 Å². The van der Waals surface area contributed by atoms with Crippen LogP contribution in [0.4, 0.5) is 0 Å². The predicted octanol–water partition coefficient (Wildman–Crippen LogP) is 4.47. The standard InChI is InChI=1S/C20H31NO2/c1-3-4-12-21-13-7-5-6-11-19(21)15-20(22)23-16-18-10-8-9-17(2)14-18/h8-10,14,19H,3-7,11-13,15-16H2,1-2H3. The first kappa shape index (κ1) is 18.0. The lowest BCUT2D eigenvalue weighted by atomic mass is 10.1. The molecule has 1 atom stereocenters. The molecule has 1 heterocycles. The molecule has 0 bridgehead atoms. The zero-order chi connectivity index (χ0) is 16.5. The van der Waals surface area contributed by atoms with E-state index >= 15 is 0 Å². The molecule has 1 aliphatic rings. The van der Waals surface area contributed by atoms with E-state index < -0.39 is 0 Å². The number of carbonyl (C=O) groups excluding carboxylic acids is 1. The number of carbonyl (C=O) groups is 1. The van der Waals surface area contributed by atoms with Crippen molar-refractivity contribution in [1.29, 1.82) is 0 Å². The van der Waals surface area contributed by atoms with Crippen LogP contribution in [-0.2, 0) is 16.1 Å². The molecule has 0 amide bonds. The highest BCUT2D eigenvalue weighted by Crippen LogP contribution is 2.20. The van der Waals surface area contributed by atoms with Crippen LogP contribution in [0.25, 0.3) is 0 Å². The van der Waals surface area contributed by atoms with E-state index in [0.29, 0.717) is 19.1 Å². The maximum Gasteiger partial charge on any atom is 0.307 e.